The highest BCUT2D eigenvalue weighted by atomic mass is 16.2. The molecule has 3 aromatic rings. The predicted octanol–water partition coefficient (Wildman–Crippen LogP) is 3.50. The van der Waals surface area contributed by atoms with Crippen molar-refractivity contribution in [1.29, 1.82) is 0 Å². The van der Waals surface area contributed by atoms with Gasteiger partial charge in [0, 0.05) is 13.0 Å². The summed E-state index contributed by atoms with van der Waals surface area (Å²) in [5.74, 6) is 1.51. The molecule has 4 rings (SSSR count). The zero-order valence-electron chi connectivity index (χ0n) is 15.6. The van der Waals surface area contributed by atoms with Gasteiger partial charge in [0.25, 0.3) is 5.91 Å². The van der Waals surface area contributed by atoms with Gasteiger partial charge in [0.1, 0.15) is 5.82 Å². The lowest BCUT2D eigenvalue weighted by atomic mass is 10.1. The second kappa shape index (κ2) is 7.74. The lowest BCUT2D eigenvalue weighted by Crippen LogP contribution is -2.26. The van der Waals surface area contributed by atoms with Crippen molar-refractivity contribution in [1.82, 2.24) is 20.1 Å². The minimum atomic E-state index is -0.185. The van der Waals surface area contributed by atoms with Crippen LogP contribution < -0.4 is 5.32 Å². The van der Waals surface area contributed by atoms with Crippen molar-refractivity contribution in [3.05, 3.63) is 77.4 Å². The Morgan fingerprint density at radius 2 is 1.81 bits per heavy atom. The molecule has 1 fully saturated rings. The molecule has 1 aliphatic rings. The summed E-state index contributed by atoms with van der Waals surface area (Å²) in [4.78, 5) is 17.1. The van der Waals surface area contributed by atoms with Crippen LogP contribution in [0.3, 0.4) is 0 Å². The summed E-state index contributed by atoms with van der Waals surface area (Å²) in [6, 6.07) is 18.4. The molecule has 0 aliphatic heterocycles. The third-order valence-electron chi connectivity index (χ3n) is 4.95. The summed E-state index contributed by atoms with van der Waals surface area (Å²) in [6.45, 7) is 2.77. The van der Waals surface area contributed by atoms with Gasteiger partial charge in [0.2, 0.25) is 5.82 Å². The van der Waals surface area contributed by atoms with Gasteiger partial charge in [-0.15, -0.1) is 5.10 Å². The van der Waals surface area contributed by atoms with E-state index in [0.29, 0.717) is 5.92 Å². The average molecular weight is 360 g/mol. The topological polar surface area (TPSA) is 59.8 Å². The van der Waals surface area contributed by atoms with E-state index in [1.165, 1.54) is 18.4 Å². The zero-order valence-corrected chi connectivity index (χ0v) is 15.6. The average Bonchev–Trinajstić information content (AvgIpc) is 3.43. The van der Waals surface area contributed by atoms with E-state index in [1.54, 1.807) is 0 Å². The molecule has 0 spiro atoms. The molecule has 5 heteroatoms. The Hall–Kier alpha value is -2.95. The van der Waals surface area contributed by atoms with Gasteiger partial charge in [-0.1, -0.05) is 48.5 Å². The standard InChI is InChI=1S/C22H24N4O/c1-16-7-5-6-10-19(16)26-20(14-13-17-8-3-2-4-9-17)24-21(25-26)22(27)23-15-18-11-12-18/h2-10,18H,11-15H2,1H3,(H,23,27). The maximum Gasteiger partial charge on any atom is 0.290 e. The summed E-state index contributed by atoms with van der Waals surface area (Å²) < 4.78 is 1.82. The monoisotopic (exact) mass is 360 g/mol. The molecule has 1 saturated carbocycles. The van der Waals surface area contributed by atoms with E-state index in [-0.39, 0.29) is 11.7 Å². The lowest BCUT2D eigenvalue weighted by Gasteiger charge is -2.08. The maximum atomic E-state index is 12.5. The van der Waals surface area contributed by atoms with Gasteiger partial charge in [0.05, 0.1) is 5.69 Å². The van der Waals surface area contributed by atoms with Gasteiger partial charge in [-0.05, 0) is 49.3 Å². The second-order valence-electron chi connectivity index (χ2n) is 7.19. The van der Waals surface area contributed by atoms with Crippen molar-refractivity contribution in [2.45, 2.75) is 32.6 Å². The fourth-order valence-electron chi connectivity index (χ4n) is 3.14. The normalized spacial score (nSPS) is 13.5. The number of benzene rings is 2. The number of aryl methyl sites for hydroxylation is 3. The number of aromatic nitrogens is 3. The molecule has 0 unspecified atom stereocenters. The number of hydrogen-bond donors (Lipinski definition) is 1. The van der Waals surface area contributed by atoms with E-state index < -0.39 is 0 Å². The molecule has 138 valence electrons. The van der Waals surface area contributed by atoms with E-state index in [0.717, 1.165) is 36.5 Å². The number of nitrogens with zero attached hydrogens (tertiary/aromatic N) is 3. The SMILES string of the molecule is Cc1ccccc1-n1nc(C(=O)NCC2CC2)nc1CCc1ccccc1. The molecule has 27 heavy (non-hydrogen) atoms. The van der Waals surface area contributed by atoms with Crippen molar-refractivity contribution in [2.75, 3.05) is 6.54 Å². The van der Waals surface area contributed by atoms with E-state index in [9.17, 15) is 4.79 Å². The Bertz CT molecular complexity index is 928. The van der Waals surface area contributed by atoms with Gasteiger partial charge in [0.15, 0.2) is 0 Å². The quantitative estimate of drug-likeness (QED) is 0.701. The zero-order chi connectivity index (χ0) is 18.6. The Morgan fingerprint density at radius 3 is 2.56 bits per heavy atom. The Labute approximate surface area is 159 Å². The number of carbonyl (C=O) groups is 1. The van der Waals surface area contributed by atoms with Gasteiger partial charge in [-0.25, -0.2) is 9.67 Å². The van der Waals surface area contributed by atoms with Crippen LogP contribution in [0.4, 0.5) is 0 Å². The smallest absolute Gasteiger partial charge is 0.290 e. The molecule has 5 nitrogen and oxygen atoms in total. The number of amides is 1. The molecule has 0 radical (unpaired) electrons. The van der Waals surface area contributed by atoms with Gasteiger partial charge in [-0.2, -0.15) is 0 Å². The van der Waals surface area contributed by atoms with Crippen LogP contribution in [0.2, 0.25) is 0 Å². The van der Waals surface area contributed by atoms with Crippen LogP contribution in [-0.2, 0) is 12.8 Å². The van der Waals surface area contributed by atoms with Crippen LogP contribution >= 0.6 is 0 Å². The van der Waals surface area contributed by atoms with Crippen LogP contribution in [0.15, 0.2) is 54.6 Å². The van der Waals surface area contributed by atoms with E-state index in [4.69, 9.17) is 0 Å². The van der Waals surface area contributed by atoms with E-state index >= 15 is 0 Å². The molecular formula is C22H24N4O. The Morgan fingerprint density at radius 1 is 1.07 bits per heavy atom. The largest absolute Gasteiger partial charge is 0.349 e. The van der Waals surface area contributed by atoms with Crippen molar-refractivity contribution >= 4 is 5.91 Å². The minimum Gasteiger partial charge on any atom is -0.349 e. The number of rotatable bonds is 7. The molecule has 1 aliphatic carbocycles. The van der Waals surface area contributed by atoms with Crippen molar-refractivity contribution in [3.63, 3.8) is 0 Å². The number of carbonyl (C=O) groups excluding carboxylic acids is 1. The van der Waals surface area contributed by atoms with Crippen LogP contribution in [0, 0.1) is 12.8 Å². The number of hydrogen-bond acceptors (Lipinski definition) is 3. The van der Waals surface area contributed by atoms with Crippen LogP contribution in [0.1, 0.15) is 40.4 Å². The molecular weight excluding hydrogens is 336 g/mol. The van der Waals surface area contributed by atoms with Crippen LogP contribution in [-0.4, -0.2) is 27.2 Å². The third kappa shape index (κ3) is 4.25. The summed E-state index contributed by atoms with van der Waals surface area (Å²) >= 11 is 0. The highest BCUT2D eigenvalue weighted by Crippen LogP contribution is 2.27. The Kier molecular flexibility index (Phi) is 5.01. The lowest BCUT2D eigenvalue weighted by molar-refractivity contribution is 0.0941. The van der Waals surface area contributed by atoms with Gasteiger partial charge >= 0.3 is 0 Å². The number of para-hydroxylation sites is 1. The summed E-state index contributed by atoms with van der Waals surface area (Å²) in [7, 11) is 0. The fraction of sp³-hybridized carbons (Fsp3) is 0.318. The first kappa shape index (κ1) is 17.5. The van der Waals surface area contributed by atoms with Crippen LogP contribution in [0.25, 0.3) is 5.69 Å². The first-order chi connectivity index (χ1) is 13.2. The predicted molar refractivity (Wildman–Crippen MR) is 105 cm³/mol. The Balaban J connectivity index is 1.60. The maximum absolute atomic E-state index is 12.5. The molecule has 1 amide bonds. The molecule has 0 atom stereocenters. The second-order valence-corrected chi connectivity index (χ2v) is 7.19. The van der Waals surface area contributed by atoms with Crippen molar-refractivity contribution in [3.8, 4) is 5.69 Å². The minimum absolute atomic E-state index is 0.185. The molecule has 0 bridgehead atoms. The van der Waals surface area contributed by atoms with E-state index in [2.05, 4.69) is 27.5 Å². The van der Waals surface area contributed by atoms with Crippen molar-refractivity contribution in [2.24, 2.45) is 5.92 Å². The van der Waals surface area contributed by atoms with Gasteiger partial charge < -0.3 is 5.32 Å². The molecule has 1 heterocycles. The summed E-state index contributed by atoms with van der Waals surface area (Å²) in [6.07, 6.45) is 3.98. The molecule has 1 aromatic heterocycles. The van der Waals surface area contributed by atoms with Crippen LogP contribution in [0.5, 0.6) is 0 Å². The number of nitrogens with one attached hydrogen (secondary N) is 1. The summed E-state index contributed by atoms with van der Waals surface area (Å²) in [5.41, 5.74) is 3.32. The molecule has 0 saturated heterocycles. The van der Waals surface area contributed by atoms with Crippen molar-refractivity contribution < 1.29 is 4.79 Å². The molecule has 2 aromatic carbocycles. The first-order valence-corrected chi connectivity index (χ1v) is 9.55. The highest BCUT2D eigenvalue weighted by molar-refractivity contribution is 5.90. The third-order valence-corrected chi connectivity index (χ3v) is 4.95. The molecule has 1 N–H and O–H groups in total. The highest BCUT2D eigenvalue weighted by Gasteiger charge is 2.24. The first-order valence-electron chi connectivity index (χ1n) is 9.55. The van der Waals surface area contributed by atoms with Gasteiger partial charge in [-0.3, -0.25) is 4.79 Å². The van der Waals surface area contributed by atoms with E-state index in [1.807, 2.05) is 54.1 Å². The fourth-order valence-corrected chi connectivity index (χ4v) is 3.14. The summed E-state index contributed by atoms with van der Waals surface area (Å²) in [5, 5.41) is 7.51.